The molecular weight excluding hydrogens is 320 g/mol. The monoisotopic (exact) mass is 344 g/mol. The second-order valence-corrected chi connectivity index (χ2v) is 6.33. The number of carbonyl (C=O) groups is 1. The fourth-order valence-electron chi connectivity index (χ4n) is 2.44. The first kappa shape index (κ1) is 18.6. The van der Waals surface area contributed by atoms with Crippen LogP contribution in [0.1, 0.15) is 27.2 Å². The second kappa shape index (κ2) is 8.96. The number of carbonyl (C=O) groups excluding carboxylic acids is 1. The van der Waals surface area contributed by atoms with Crippen molar-refractivity contribution in [1.82, 2.24) is 15.0 Å². The van der Waals surface area contributed by atoms with Gasteiger partial charge in [0.2, 0.25) is 0 Å². The topological polar surface area (TPSA) is 86.2 Å². The van der Waals surface area contributed by atoms with E-state index in [0.717, 1.165) is 12.0 Å². The predicted octanol–water partition coefficient (Wildman–Crippen LogP) is 3.78. The molecule has 0 aromatic carbocycles. The maximum Gasteiger partial charge on any atom is 0.412 e. The fourth-order valence-corrected chi connectivity index (χ4v) is 2.44. The van der Waals surface area contributed by atoms with Gasteiger partial charge in [-0.1, -0.05) is 20.8 Å². The molecule has 0 aliphatic heterocycles. The lowest BCUT2D eigenvalue weighted by Gasteiger charge is -2.14. The molecule has 134 valence electrons. The molecule has 2 rings (SSSR count). The summed E-state index contributed by atoms with van der Waals surface area (Å²) in [5, 5.41) is 2.51. The summed E-state index contributed by atoms with van der Waals surface area (Å²) in [7, 11) is 1.29. The average molecular weight is 344 g/mol. The van der Waals surface area contributed by atoms with Gasteiger partial charge in [-0.3, -0.25) is 5.32 Å². The number of rotatable bonds is 7. The van der Waals surface area contributed by atoms with E-state index in [2.05, 4.69) is 45.8 Å². The van der Waals surface area contributed by atoms with E-state index in [-0.39, 0.29) is 0 Å². The Morgan fingerprint density at radius 3 is 2.56 bits per heavy atom. The molecule has 0 saturated heterocycles. The Balaban J connectivity index is 2.00. The zero-order chi connectivity index (χ0) is 18.2. The van der Waals surface area contributed by atoms with Gasteiger partial charge < -0.3 is 9.47 Å². The first-order valence-electron chi connectivity index (χ1n) is 8.24. The standard InChI is InChI=1S/C18H24N4O3/c1-12(2)7-13(3)11-25-15-9-20-17(21-10-15)14-5-6-19-16(8-14)22-18(23)24-4/h5-6,8-10,12-13H,7,11H2,1-4H3,(H,19,22,23). The minimum Gasteiger partial charge on any atom is -0.490 e. The molecule has 1 unspecified atom stereocenters. The van der Waals surface area contributed by atoms with Crippen molar-refractivity contribution in [1.29, 1.82) is 0 Å². The molecule has 0 aliphatic carbocycles. The summed E-state index contributed by atoms with van der Waals surface area (Å²) < 4.78 is 10.3. The first-order valence-corrected chi connectivity index (χ1v) is 8.24. The number of nitrogens with zero attached hydrogens (tertiary/aromatic N) is 3. The number of ether oxygens (including phenoxy) is 2. The van der Waals surface area contributed by atoms with E-state index >= 15 is 0 Å². The predicted molar refractivity (Wildman–Crippen MR) is 95.4 cm³/mol. The first-order chi connectivity index (χ1) is 12.0. The van der Waals surface area contributed by atoms with Gasteiger partial charge >= 0.3 is 6.09 Å². The van der Waals surface area contributed by atoms with Gasteiger partial charge in [0, 0.05) is 11.8 Å². The summed E-state index contributed by atoms with van der Waals surface area (Å²) in [5.41, 5.74) is 0.737. The van der Waals surface area contributed by atoms with Crippen LogP contribution in [0.3, 0.4) is 0 Å². The van der Waals surface area contributed by atoms with Crippen LogP contribution in [0.5, 0.6) is 5.75 Å². The van der Waals surface area contributed by atoms with Crippen molar-refractivity contribution in [2.75, 3.05) is 19.0 Å². The summed E-state index contributed by atoms with van der Waals surface area (Å²) in [6.45, 7) is 7.21. The number of aromatic nitrogens is 3. The molecule has 2 aromatic rings. The Morgan fingerprint density at radius 1 is 1.20 bits per heavy atom. The number of anilines is 1. The molecule has 7 heteroatoms. The molecule has 0 saturated carbocycles. The van der Waals surface area contributed by atoms with Crippen LogP contribution < -0.4 is 10.1 Å². The molecule has 1 atom stereocenters. The molecule has 0 aliphatic rings. The van der Waals surface area contributed by atoms with Gasteiger partial charge in [0.1, 0.15) is 5.82 Å². The summed E-state index contributed by atoms with van der Waals surface area (Å²) in [5.74, 6) is 2.67. The molecule has 2 aromatic heterocycles. The quantitative estimate of drug-likeness (QED) is 0.822. The largest absolute Gasteiger partial charge is 0.490 e. The van der Waals surface area contributed by atoms with E-state index in [1.165, 1.54) is 7.11 Å². The zero-order valence-electron chi connectivity index (χ0n) is 15.0. The maximum atomic E-state index is 11.2. The third-order valence-corrected chi connectivity index (χ3v) is 3.47. The van der Waals surface area contributed by atoms with Crippen molar-refractivity contribution < 1.29 is 14.3 Å². The lowest BCUT2D eigenvalue weighted by molar-refractivity contribution is 0.187. The van der Waals surface area contributed by atoms with Gasteiger partial charge in [-0.2, -0.15) is 0 Å². The summed E-state index contributed by atoms with van der Waals surface area (Å²) in [6.07, 6.45) is 5.41. The molecule has 1 N–H and O–H groups in total. The van der Waals surface area contributed by atoms with Crippen molar-refractivity contribution in [3.8, 4) is 17.1 Å². The Labute approximate surface area is 147 Å². The van der Waals surface area contributed by atoms with Crippen LogP contribution >= 0.6 is 0 Å². The molecule has 1 amide bonds. The van der Waals surface area contributed by atoms with Gasteiger partial charge in [0.15, 0.2) is 11.6 Å². The minimum absolute atomic E-state index is 0.371. The summed E-state index contributed by atoms with van der Waals surface area (Å²) in [6, 6.07) is 3.44. The van der Waals surface area contributed by atoms with Gasteiger partial charge in [-0.05, 0) is 30.4 Å². The molecule has 25 heavy (non-hydrogen) atoms. The Bertz CT molecular complexity index is 689. The summed E-state index contributed by atoms with van der Waals surface area (Å²) >= 11 is 0. The van der Waals surface area contributed by atoms with Crippen LogP contribution in [0.15, 0.2) is 30.7 Å². The van der Waals surface area contributed by atoms with E-state index in [1.807, 2.05) is 0 Å². The van der Waals surface area contributed by atoms with Crippen LogP contribution in [0.25, 0.3) is 11.4 Å². The SMILES string of the molecule is COC(=O)Nc1cc(-c2ncc(OCC(C)CC(C)C)cn2)ccn1. The van der Waals surface area contributed by atoms with Crippen molar-refractivity contribution in [3.05, 3.63) is 30.7 Å². The average Bonchev–Trinajstić information content (AvgIpc) is 2.60. The maximum absolute atomic E-state index is 11.2. The molecule has 0 spiro atoms. The van der Waals surface area contributed by atoms with Crippen molar-refractivity contribution in [3.63, 3.8) is 0 Å². The Morgan fingerprint density at radius 2 is 1.92 bits per heavy atom. The number of methoxy groups -OCH3 is 1. The normalized spacial score (nSPS) is 11.9. The van der Waals surface area contributed by atoms with Gasteiger partial charge in [-0.25, -0.2) is 19.7 Å². The van der Waals surface area contributed by atoms with Gasteiger partial charge in [0.25, 0.3) is 0 Å². The van der Waals surface area contributed by atoms with Crippen LogP contribution in [0, 0.1) is 11.8 Å². The third-order valence-electron chi connectivity index (χ3n) is 3.47. The number of amides is 1. The lowest BCUT2D eigenvalue weighted by atomic mass is 10.00. The Hall–Kier alpha value is -2.70. The van der Waals surface area contributed by atoms with Crippen LogP contribution in [0.2, 0.25) is 0 Å². The third kappa shape index (κ3) is 6.02. The second-order valence-electron chi connectivity index (χ2n) is 6.33. The molecule has 0 radical (unpaired) electrons. The van der Waals surface area contributed by atoms with Crippen molar-refractivity contribution in [2.45, 2.75) is 27.2 Å². The summed E-state index contributed by atoms with van der Waals surface area (Å²) in [4.78, 5) is 23.9. The van der Waals surface area contributed by atoms with Crippen LogP contribution in [-0.2, 0) is 4.74 Å². The van der Waals surface area contributed by atoms with E-state index in [4.69, 9.17) is 4.74 Å². The molecule has 2 heterocycles. The smallest absolute Gasteiger partial charge is 0.412 e. The van der Waals surface area contributed by atoms with E-state index < -0.39 is 6.09 Å². The van der Waals surface area contributed by atoms with Gasteiger partial charge in [-0.15, -0.1) is 0 Å². The van der Waals surface area contributed by atoms with E-state index in [0.29, 0.717) is 35.8 Å². The van der Waals surface area contributed by atoms with E-state index in [1.54, 1.807) is 30.7 Å². The Kier molecular flexibility index (Phi) is 6.68. The molecular formula is C18H24N4O3. The lowest BCUT2D eigenvalue weighted by Crippen LogP contribution is -2.12. The molecule has 7 nitrogen and oxygen atoms in total. The number of pyridine rings is 1. The van der Waals surface area contributed by atoms with Crippen molar-refractivity contribution in [2.24, 2.45) is 11.8 Å². The highest BCUT2D eigenvalue weighted by atomic mass is 16.5. The highest BCUT2D eigenvalue weighted by Crippen LogP contribution is 2.19. The highest BCUT2D eigenvalue weighted by molar-refractivity contribution is 5.83. The number of nitrogens with one attached hydrogen (secondary N) is 1. The minimum atomic E-state index is -0.579. The van der Waals surface area contributed by atoms with Crippen molar-refractivity contribution >= 4 is 11.9 Å². The van der Waals surface area contributed by atoms with Gasteiger partial charge in [0.05, 0.1) is 26.1 Å². The fraction of sp³-hybridized carbons (Fsp3) is 0.444. The molecule has 0 fully saturated rings. The van der Waals surface area contributed by atoms with E-state index in [9.17, 15) is 4.79 Å². The van der Waals surface area contributed by atoms with Crippen LogP contribution in [0.4, 0.5) is 10.6 Å². The van der Waals surface area contributed by atoms with Crippen LogP contribution in [-0.4, -0.2) is 34.8 Å². The molecule has 0 bridgehead atoms. The number of hydrogen-bond donors (Lipinski definition) is 1. The highest BCUT2D eigenvalue weighted by Gasteiger charge is 2.09. The number of hydrogen-bond acceptors (Lipinski definition) is 6. The zero-order valence-corrected chi connectivity index (χ0v) is 15.0.